The predicted molar refractivity (Wildman–Crippen MR) is 149 cm³/mol. The Morgan fingerprint density at radius 2 is 1.74 bits per heavy atom. The van der Waals surface area contributed by atoms with E-state index in [9.17, 15) is 14.7 Å². The Bertz CT molecular complexity index is 1570. The smallest absolute Gasteiger partial charge is 0.300 e. The third-order valence-corrected chi connectivity index (χ3v) is 6.62. The van der Waals surface area contributed by atoms with Crippen molar-refractivity contribution >= 4 is 34.7 Å². The molecule has 1 aromatic heterocycles. The van der Waals surface area contributed by atoms with Crippen LogP contribution in [0.3, 0.4) is 0 Å². The van der Waals surface area contributed by atoms with Crippen molar-refractivity contribution in [1.29, 1.82) is 0 Å². The molecule has 0 saturated carbocycles. The molecule has 4 aromatic rings. The molecule has 0 spiro atoms. The number of anilines is 1. The van der Waals surface area contributed by atoms with Crippen LogP contribution in [-0.2, 0) is 9.59 Å². The van der Waals surface area contributed by atoms with E-state index in [0.29, 0.717) is 35.1 Å². The number of pyridine rings is 1. The third-order valence-electron chi connectivity index (χ3n) is 6.29. The number of aryl methyl sites for hydroxylation is 1. The maximum absolute atomic E-state index is 13.4. The summed E-state index contributed by atoms with van der Waals surface area (Å²) in [5, 5.41) is 11.6. The number of nitrogens with zero attached hydrogens (tertiary/aromatic N) is 2. The molecule has 3 aromatic carbocycles. The SMILES string of the molecule is CCOc1ccc(Cl)c(/C(O)=C2\C(=O)C(=O)N(c3ccc(Oc4cccc(C)c4)cc3)C2c2cccnc2)c1. The maximum Gasteiger partial charge on any atom is 0.300 e. The quantitative estimate of drug-likeness (QED) is 0.156. The molecule has 1 aliphatic rings. The Labute approximate surface area is 230 Å². The van der Waals surface area contributed by atoms with Gasteiger partial charge in [-0.3, -0.25) is 19.5 Å². The van der Waals surface area contributed by atoms with Crippen molar-refractivity contribution in [2.24, 2.45) is 0 Å². The minimum Gasteiger partial charge on any atom is -0.507 e. The molecule has 1 amide bonds. The summed E-state index contributed by atoms with van der Waals surface area (Å²) in [6.45, 7) is 4.22. The van der Waals surface area contributed by atoms with E-state index in [1.807, 2.05) is 38.1 Å². The molecule has 0 aliphatic carbocycles. The number of amides is 1. The van der Waals surface area contributed by atoms with Gasteiger partial charge in [0.25, 0.3) is 11.7 Å². The number of halogens is 1. The van der Waals surface area contributed by atoms with E-state index in [4.69, 9.17) is 21.1 Å². The molecule has 39 heavy (non-hydrogen) atoms. The molecule has 0 bridgehead atoms. The highest BCUT2D eigenvalue weighted by Crippen LogP contribution is 2.43. The van der Waals surface area contributed by atoms with Gasteiger partial charge in [0, 0.05) is 23.6 Å². The molecule has 1 saturated heterocycles. The van der Waals surface area contributed by atoms with Gasteiger partial charge in [-0.25, -0.2) is 0 Å². The number of carbonyl (C=O) groups is 2. The number of hydrogen-bond donors (Lipinski definition) is 1. The molecule has 196 valence electrons. The molecule has 1 atom stereocenters. The highest BCUT2D eigenvalue weighted by molar-refractivity contribution is 6.52. The van der Waals surface area contributed by atoms with E-state index in [2.05, 4.69) is 4.98 Å². The summed E-state index contributed by atoms with van der Waals surface area (Å²) >= 11 is 6.41. The summed E-state index contributed by atoms with van der Waals surface area (Å²) < 4.78 is 11.5. The second-order valence-corrected chi connectivity index (χ2v) is 9.35. The summed E-state index contributed by atoms with van der Waals surface area (Å²) in [5.41, 5.74) is 2.17. The number of rotatable bonds is 7. The zero-order valence-corrected chi connectivity index (χ0v) is 22.1. The van der Waals surface area contributed by atoms with Crippen molar-refractivity contribution in [2.75, 3.05) is 11.5 Å². The molecule has 2 heterocycles. The Hall–Kier alpha value is -4.62. The number of Topliss-reactive ketones (excluding diaryl/α,β-unsaturated/α-hetero) is 1. The van der Waals surface area contributed by atoms with Gasteiger partial charge in [-0.2, -0.15) is 0 Å². The average molecular weight is 541 g/mol. The van der Waals surface area contributed by atoms with Gasteiger partial charge in [-0.15, -0.1) is 0 Å². The standard InChI is InChI=1S/C31H25ClN2O5/c1-3-38-23-13-14-26(32)25(17-23)29(35)27-28(20-7-5-15-33-18-20)34(31(37)30(27)36)21-9-11-22(12-10-21)39-24-8-4-6-19(2)16-24/h4-18,28,35H,3H2,1-2H3/b29-27+. The number of ketones is 1. The number of aliphatic hydroxyl groups excluding tert-OH is 1. The normalized spacial score (nSPS) is 16.4. The van der Waals surface area contributed by atoms with Gasteiger partial charge < -0.3 is 14.6 Å². The van der Waals surface area contributed by atoms with Crippen molar-refractivity contribution in [3.05, 3.63) is 119 Å². The molecule has 1 N–H and O–H groups in total. The molecule has 1 aliphatic heterocycles. The van der Waals surface area contributed by atoms with Crippen LogP contribution in [0.15, 0.2) is 96.8 Å². The Balaban J connectivity index is 1.58. The highest BCUT2D eigenvalue weighted by atomic mass is 35.5. The summed E-state index contributed by atoms with van der Waals surface area (Å²) in [7, 11) is 0. The summed E-state index contributed by atoms with van der Waals surface area (Å²) in [5.74, 6) is -0.285. The lowest BCUT2D eigenvalue weighted by molar-refractivity contribution is -0.132. The first-order valence-electron chi connectivity index (χ1n) is 12.4. The van der Waals surface area contributed by atoms with E-state index >= 15 is 0 Å². The van der Waals surface area contributed by atoms with E-state index in [-0.39, 0.29) is 16.2 Å². The van der Waals surface area contributed by atoms with Crippen LogP contribution in [0.1, 0.15) is 29.7 Å². The first-order chi connectivity index (χ1) is 18.9. The third kappa shape index (κ3) is 5.22. The number of benzene rings is 3. The fourth-order valence-corrected chi connectivity index (χ4v) is 4.74. The van der Waals surface area contributed by atoms with E-state index in [1.54, 1.807) is 67.0 Å². The lowest BCUT2D eigenvalue weighted by atomic mass is 9.96. The lowest BCUT2D eigenvalue weighted by Crippen LogP contribution is -2.29. The number of carbonyl (C=O) groups excluding carboxylic acids is 2. The van der Waals surface area contributed by atoms with Crippen LogP contribution in [0.25, 0.3) is 5.76 Å². The van der Waals surface area contributed by atoms with Gasteiger partial charge in [0.15, 0.2) is 0 Å². The number of aliphatic hydroxyl groups is 1. The van der Waals surface area contributed by atoms with Gasteiger partial charge >= 0.3 is 0 Å². The largest absolute Gasteiger partial charge is 0.507 e. The van der Waals surface area contributed by atoms with Gasteiger partial charge in [0.2, 0.25) is 0 Å². The Morgan fingerprint density at radius 1 is 0.974 bits per heavy atom. The maximum atomic E-state index is 13.4. The highest BCUT2D eigenvalue weighted by Gasteiger charge is 2.47. The number of aromatic nitrogens is 1. The van der Waals surface area contributed by atoms with Crippen LogP contribution in [-0.4, -0.2) is 28.4 Å². The molecule has 1 unspecified atom stereocenters. The van der Waals surface area contributed by atoms with Crippen molar-refractivity contribution in [1.82, 2.24) is 4.98 Å². The van der Waals surface area contributed by atoms with Crippen LogP contribution in [0, 0.1) is 6.92 Å². The minimum absolute atomic E-state index is 0.0939. The van der Waals surface area contributed by atoms with Crippen LogP contribution in [0.2, 0.25) is 5.02 Å². The fraction of sp³-hybridized carbons (Fsp3) is 0.129. The lowest BCUT2D eigenvalue weighted by Gasteiger charge is -2.25. The van der Waals surface area contributed by atoms with E-state index in [0.717, 1.165) is 5.56 Å². The monoisotopic (exact) mass is 540 g/mol. The Kier molecular flexibility index (Phi) is 7.34. The first-order valence-corrected chi connectivity index (χ1v) is 12.7. The van der Waals surface area contributed by atoms with E-state index in [1.165, 1.54) is 4.90 Å². The van der Waals surface area contributed by atoms with E-state index < -0.39 is 23.5 Å². The zero-order chi connectivity index (χ0) is 27.5. The number of ether oxygens (including phenoxy) is 2. The number of hydrogen-bond acceptors (Lipinski definition) is 6. The van der Waals surface area contributed by atoms with Crippen molar-refractivity contribution in [3.8, 4) is 17.2 Å². The zero-order valence-electron chi connectivity index (χ0n) is 21.3. The molecule has 7 nitrogen and oxygen atoms in total. The summed E-state index contributed by atoms with van der Waals surface area (Å²) in [6, 6.07) is 21.8. The molecular weight excluding hydrogens is 516 g/mol. The molecule has 1 fully saturated rings. The second kappa shape index (κ2) is 11.0. The first kappa shape index (κ1) is 26.0. The molecule has 5 rings (SSSR count). The summed E-state index contributed by atoms with van der Waals surface area (Å²) in [4.78, 5) is 32.4. The van der Waals surface area contributed by atoms with Crippen LogP contribution in [0.4, 0.5) is 5.69 Å². The van der Waals surface area contributed by atoms with Crippen molar-refractivity contribution < 1.29 is 24.2 Å². The van der Waals surface area contributed by atoms with Crippen LogP contribution in [0.5, 0.6) is 17.2 Å². The topological polar surface area (TPSA) is 89.0 Å². The fourth-order valence-electron chi connectivity index (χ4n) is 4.53. The Morgan fingerprint density at radius 3 is 2.44 bits per heavy atom. The van der Waals surface area contributed by atoms with Crippen molar-refractivity contribution in [3.63, 3.8) is 0 Å². The summed E-state index contributed by atoms with van der Waals surface area (Å²) in [6.07, 6.45) is 3.15. The minimum atomic E-state index is -0.936. The molecule has 8 heteroatoms. The van der Waals surface area contributed by atoms with Crippen molar-refractivity contribution in [2.45, 2.75) is 19.9 Å². The molecular formula is C31H25ClN2O5. The average Bonchev–Trinajstić information content (AvgIpc) is 3.20. The second-order valence-electron chi connectivity index (χ2n) is 8.94. The van der Waals surface area contributed by atoms with Gasteiger partial charge in [0.1, 0.15) is 23.0 Å². The van der Waals surface area contributed by atoms with Crippen LogP contribution < -0.4 is 14.4 Å². The van der Waals surface area contributed by atoms with Crippen LogP contribution >= 0.6 is 11.6 Å². The van der Waals surface area contributed by atoms with Gasteiger partial charge in [-0.05, 0) is 85.6 Å². The predicted octanol–water partition coefficient (Wildman–Crippen LogP) is 6.86. The van der Waals surface area contributed by atoms with Gasteiger partial charge in [-0.1, -0.05) is 29.8 Å². The van der Waals surface area contributed by atoms with Gasteiger partial charge in [0.05, 0.1) is 23.2 Å². The molecule has 0 radical (unpaired) electrons.